The largest absolute Gasteiger partial charge is 0.392 e. The van der Waals surface area contributed by atoms with E-state index >= 15 is 0 Å². The van der Waals surface area contributed by atoms with E-state index < -0.39 is 18.5 Å². The SMILES string of the molecule is OCc1cc(C2CC(OCc3ccccc3)CC(COCc3ccccc3)O2)c(CO)cc1F. The van der Waals surface area contributed by atoms with Crippen LogP contribution < -0.4 is 0 Å². The number of rotatable bonds is 10. The van der Waals surface area contributed by atoms with Gasteiger partial charge in [0.05, 0.1) is 51.3 Å². The maximum absolute atomic E-state index is 14.2. The number of aliphatic hydroxyl groups is 2. The second-order valence-corrected chi connectivity index (χ2v) is 8.60. The van der Waals surface area contributed by atoms with Crippen molar-refractivity contribution in [1.82, 2.24) is 0 Å². The minimum Gasteiger partial charge on any atom is -0.392 e. The fourth-order valence-corrected chi connectivity index (χ4v) is 4.32. The highest BCUT2D eigenvalue weighted by Gasteiger charge is 2.33. The van der Waals surface area contributed by atoms with Crippen molar-refractivity contribution < 1.29 is 28.8 Å². The van der Waals surface area contributed by atoms with Gasteiger partial charge in [-0.2, -0.15) is 0 Å². The zero-order valence-corrected chi connectivity index (χ0v) is 19.1. The molecular formula is C28H31FO5. The molecule has 0 aliphatic carbocycles. The summed E-state index contributed by atoms with van der Waals surface area (Å²) in [5.74, 6) is -0.536. The maximum Gasteiger partial charge on any atom is 0.129 e. The van der Waals surface area contributed by atoms with E-state index in [1.54, 1.807) is 6.07 Å². The zero-order chi connectivity index (χ0) is 23.8. The molecule has 0 radical (unpaired) electrons. The van der Waals surface area contributed by atoms with Gasteiger partial charge in [0.15, 0.2) is 0 Å². The highest BCUT2D eigenvalue weighted by molar-refractivity contribution is 5.35. The molecule has 1 fully saturated rings. The van der Waals surface area contributed by atoms with Crippen molar-refractivity contribution in [3.63, 3.8) is 0 Å². The first-order valence-corrected chi connectivity index (χ1v) is 11.6. The second kappa shape index (κ2) is 12.2. The minimum atomic E-state index is -0.536. The van der Waals surface area contributed by atoms with E-state index in [-0.39, 0.29) is 24.4 Å². The Balaban J connectivity index is 1.49. The van der Waals surface area contributed by atoms with Crippen molar-refractivity contribution in [3.8, 4) is 0 Å². The molecule has 180 valence electrons. The van der Waals surface area contributed by atoms with Crippen LogP contribution in [0.3, 0.4) is 0 Å². The molecule has 0 aromatic heterocycles. The molecule has 0 bridgehead atoms. The van der Waals surface area contributed by atoms with Gasteiger partial charge in [-0.15, -0.1) is 0 Å². The van der Waals surface area contributed by atoms with Gasteiger partial charge in [-0.1, -0.05) is 60.7 Å². The number of hydrogen-bond acceptors (Lipinski definition) is 5. The van der Waals surface area contributed by atoms with E-state index in [4.69, 9.17) is 14.2 Å². The third kappa shape index (κ3) is 6.50. The van der Waals surface area contributed by atoms with Crippen LogP contribution in [0.4, 0.5) is 4.39 Å². The summed E-state index contributed by atoms with van der Waals surface area (Å²) < 4.78 is 32.8. The Labute approximate surface area is 199 Å². The molecule has 3 aromatic carbocycles. The summed E-state index contributed by atoms with van der Waals surface area (Å²) in [6, 6.07) is 22.8. The van der Waals surface area contributed by atoms with E-state index in [1.807, 2.05) is 60.7 Å². The normalized spacial score (nSPS) is 20.4. The Morgan fingerprint density at radius 2 is 1.47 bits per heavy atom. The number of ether oxygens (including phenoxy) is 3. The summed E-state index contributed by atoms with van der Waals surface area (Å²) in [6.07, 6.45) is 0.496. The Hall–Kier alpha value is -2.61. The summed E-state index contributed by atoms with van der Waals surface area (Å²) >= 11 is 0. The summed E-state index contributed by atoms with van der Waals surface area (Å²) in [7, 11) is 0. The average Bonchev–Trinajstić information content (AvgIpc) is 2.88. The Morgan fingerprint density at radius 1 is 0.824 bits per heavy atom. The van der Waals surface area contributed by atoms with Crippen LogP contribution in [0.1, 0.15) is 46.8 Å². The summed E-state index contributed by atoms with van der Waals surface area (Å²) in [5, 5.41) is 19.4. The van der Waals surface area contributed by atoms with Crippen LogP contribution in [0.15, 0.2) is 72.8 Å². The maximum atomic E-state index is 14.2. The number of aliphatic hydroxyl groups excluding tert-OH is 2. The van der Waals surface area contributed by atoms with E-state index in [1.165, 1.54) is 6.07 Å². The van der Waals surface area contributed by atoms with Crippen LogP contribution in [-0.4, -0.2) is 29.0 Å². The van der Waals surface area contributed by atoms with Crippen LogP contribution in [0.2, 0.25) is 0 Å². The molecular weight excluding hydrogens is 435 g/mol. The molecule has 0 spiro atoms. The number of hydrogen-bond donors (Lipinski definition) is 2. The standard InChI is InChI=1S/C28H31FO5/c29-27-12-22(15-30)26(11-23(27)16-31)28-14-24(33-18-21-9-5-2-6-10-21)13-25(34-28)19-32-17-20-7-3-1-4-8-20/h1-12,24-25,28,30-31H,13-19H2. The molecule has 1 saturated heterocycles. The summed E-state index contributed by atoms with van der Waals surface area (Å²) in [4.78, 5) is 0. The molecule has 4 rings (SSSR count). The molecule has 34 heavy (non-hydrogen) atoms. The van der Waals surface area contributed by atoms with Crippen LogP contribution in [0, 0.1) is 5.82 Å². The molecule has 5 nitrogen and oxygen atoms in total. The highest BCUT2D eigenvalue weighted by Crippen LogP contribution is 2.36. The lowest BCUT2D eigenvalue weighted by atomic mass is 9.91. The summed E-state index contributed by atoms with van der Waals surface area (Å²) in [6.45, 7) is 0.610. The van der Waals surface area contributed by atoms with Gasteiger partial charge in [0, 0.05) is 18.4 Å². The fourth-order valence-electron chi connectivity index (χ4n) is 4.32. The van der Waals surface area contributed by atoms with E-state index in [9.17, 15) is 14.6 Å². The van der Waals surface area contributed by atoms with Crippen LogP contribution >= 0.6 is 0 Å². The topological polar surface area (TPSA) is 68.2 Å². The van der Waals surface area contributed by atoms with E-state index in [0.717, 1.165) is 11.1 Å². The average molecular weight is 467 g/mol. The quantitative estimate of drug-likeness (QED) is 0.448. The Kier molecular flexibility index (Phi) is 8.79. The Morgan fingerprint density at radius 3 is 2.12 bits per heavy atom. The lowest BCUT2D eigenvalue weighted by molar-refractivity contribution is -0.142. The van der Waals surface area contributed by atoms with Gasteiger partial charge in [-0.25, -0.2) is 4.39 Å². The van der Waals surface area contributed by atoms with E-state index in [0.29, 0.717) is 43.8 Å². The smallest absolute Gasteiger partial charge is 0.129 e. The van der Waals surface area contributed by atoms with Crippen molar-refractivity contribution in [1.29, 1.82) is 0 Å². The molecule has 3 aromatic rings. The van der Waals surface area contributed by atoms with Gasteiger partial charge in [-0.3, -0.25) is 0 Å². The molecule has 6 heteroatoms. The molecule has 3 atom stereocenters. The monoisotopic (exact) mass is 466 g/mol. The van der Waals surface area contributed by atoms with Crippen LogP contribution in [0.5, 0.6) is 0 Å². The first-order chi connectivity index (χ1) is 16.7. The lowest BCUT2D eigenvalue weighted by Crippen LogP contribution is -2.36. The van der Waals surface area contributed by atoms with Gasteiger partial charge < -0.3 is 24.4 Å². The lowest BCUT2D eigenvalue weighted by Gasteiger charge is -2.36. The predicted octanol–water partition coefficient (Wildman–Crippen LogP) is 4.83. The third-order valence-electron chi connectivity index (χ3n) is 6.10. The fraction of sp³-hybridized carbons (Fsp3) is 0.357. The van der Waals surface area contributed by atoms with Crippen molar-refractivity contribution in [2.45, 2.75) is 57.6 Å². The van der Waals surface area contributed by atoms with Crippen molar-refractivity contribution in [2.24, 2.45) is 0 Å². The molecule has 1 aliphatic rings. The van der Waals surface area contributed by atoms with Crippen LogP contribution in [-0.2, 0) is 40.6 Å². The zero-order valence-electron chi connectivity index (χ0n) is 19.1. The molecule has 1 heterocycles. The van der Waals surface area contributed by atoms with Crippen molar-refractivity contribution in [3.05, 3.63) is 106 Å². The first kappa shape index (κ1) is 24.5. The number of benzene rings is 3. The van der Waals surface area contributed by atoms with Gasteiger partial charge in [0.2, 0.25) is 0 Å². The predicted molar refractivity (Wildman–Crippen MR) is 126 cm³/mol. The first-order valence-electron chi connectivity index (χ1n) is 11.6. The third-order valence-corrected chi connectivity index (χ3v) is 6.10. The van der Waals surface area contributed by atoms with Gasteiger partial charge in [-0.05, 0) is 34.4 Å². The summed E-state index contributed by atoms with van der Waals surface area (Å²) in [5.41, 5.74) is 3.48. The van der Waals surface area contributed by atoms with Gasteiger partial charge >= 0.3 is 0 Å². The van der Waals surface area contributed by atoms with Gasteiger partial charge in [0.25, 0.3) is 0 Å². The highest BCUT2D eigenvalue weighted by atomic mass is 19.1. The van der Waals surface area contributed by atoms with E-state index in [2.05, 4.69) is 0 Å². The van der Waals surface area contributed by atoms with Gasteiger partial charge in [0.1, 0.15) is 5.82 Å². The molecule has 0 amide bonds. The molecule has 3 unspecified atom stereocenters. The number of halogens is 1. The van der Waals surface area contributed by atoms with Crippen LogP contribution in [0.25, 0.3) is 0 Å². The Bertz CT molecular complexity index is 1030. The second-order valence-electron chi connectivity index (χ2n) is 8.60. The molecule has 0 saturated carbocycles. The molecule has 2 N–H and O–H groups in total. The minimum absolute atomic E-state index is 0.0987. The van der Waals surface area contributed by atoms with Crippen molar-refractivity contribution >= 4 is 0 Å². The van der Waals surface area contributed by atoms with Crippen molar-refractivity contribution in [2.75, 3.05) is 6.61 Å². The molecule has 1 aliphatic heterocycles.